The molecule has 5 heteroatoms. The van der Waals surface area contributed by atoms with Gasteiger partial charge >= 0.3 is 5.97 Å². The lowest BCUT2D eigenvalue weighted by atomic mass is 10.1. The minimum atomic E-state index is -0.323. The number of hydrogen-bond acceptors (Lipinski definition) is 4. The Bertz CT molecular complexity index is 738. The Hall–Kier alpha value is -2.56. The maximum atomic E-state index is 12.4. The summed E-state index contributed by atoms with van der Waals surface area (Å²) in [4.78, 5) is 25.6. The Kier molecular flexibility index (Phi) is 7.45. The molecule has 0 aliphatic carbocycles. The molecule has 1 amide bonds. The Morgan fingerprint density at radius 2 is 1.85 bits per heavy atom. The second kappa shape index (κ2) is 9.80. The molecule has 5 nitrogen and oxygen atoms in total. The van der Waals surface area contributed by atoms with Gasteiger partial charge in [-0.05, 0) is 24.8 Å². The van der Waals surface area contributed by atoms with Crippen LogP contribution < -0.4 is 4.74 Å². The fourth-order valence-corrected chi connectivity index (χ4v) is 2.90. The van der Waals surface area contributed by atoms with Crippen molar-refractivity contribution in [1.82, 2.24) is 4.90 Å². The molecule has 0 bridgehead atoms. The number of carbonyl (C=O) groups excluding carboxylic acids is 2. The van der Waals surface area contributed by atoms with E-state index in [9.17, 15) is 9.59 Å². The molecule has 26 heavy (non-hydrogen) atoms. The molecular formula is C21H27NO4. The van der Waals surface area contributed by atoms with Gasteiger partial charge in [0, 0.05) is 24.9 Å². The van der Waals surface area contributed by atoms with Gasteiger partial charge in [-0.15, -0.1) is 0 Å². The first kappa shape index (κ1) is 19.8. The lowest BCUT2D eigenvalue weighted by Crippen LogP contribution is -2.37. The van der Waals surface area contributed by atoms with Crippen LogP contribution in [0.5, 0.6) is 5.75 Å². The first-order chi connectivity index (χ1) is 12.6. The summed E-state index contributed by atoms with van der Waals surface area (Å²) in [6.45, 7) is 5.11. The van der Waals surface area contributed by atoms with E-state index in [1.165, 1.54) is 7.11 Å². The maximum absolute atomic E-state index is 12.4. The second-order valence-corrected chi connectivity index (χ2v) is 6.29. The number of amides is 1. The van der Waals surface area contributed by atoms with E-state index in [2.05, 4.69) is 0 Å². The number of nitrogens with zero attached hydrogens (tertiary/aromatic N) is 1. The van der Waals surface area contributed by atoms with Crippen LogP contribution in [0.1, 0.15) is 26.7 Å². The molecule has 0 aliphatic heterocycles. The summed E-state index contributed by atoms with van der Waals surface area (Å²) in [5.41, 5.74) is 0. The lowest BCUT2D eigenvalue weighted by Gasteiger charge is -2.23. The van der Waals surface area contributed by atoms with Gasteiger partial charge < -0.3 is 14.4 Å². The van der Waals surface area contributed by atoms with Gasteiger partial charge in [0.2, 0.25) is 5.91 Å². The van der Waals surface area contributed by atoms with E-state index in [4.69, 9.17) is 9.47 Å². The van der Waals surface area contributed by atoms with Gasteiger partial charge in [0.05, 0.1) is 19.6 Å². The van der Waals surface area contributed by atoms with E-state index in [1.807, 2.05) is 49.4 Å². The molecule has 1 unspecified atom stereocenters. The van der Waals surface area contributed by atoms with Crippen LogP contribution in [0.25, 0.3) is 10.8 Å². The fraction of sp³-hybridized carbons (Fsp3) is 0.429. The zero-order valence-electron chi connectivity index (χ0n) is 15.7. The minimum absolute atomic E-state index is 0.0322. The monoisotopic (exact) mass is 357 g/mol. The van der Waals surface area contributed by atoms with E-state index < -0.39 is 0 Å². The summed E-state index contributed by atoms with van der Waals surface area (Å²) < 4.78 is 10.6. The summed E-state index contributed by atoms with van der Waals surface area (Å²) in [6, 6.07) is 14.0. The number of rotatable bonds is 9. The topological polar surface area (TPSA) is 55.8 Å². The molecule has 0 heterocycles. The van der Waals surface area contributed by atoms with Crippen LogP contribution in [0, 0.1) is 5.92 Å². The van der Waals surface area contributed by atoms with Crippen LogP contribution in [0.2, 0.25) is 0 Å². The highest BCUT2D eigenvalue weighted by molar-refractivity contribution is 5.88. The van der Waals surface area contributed by atoms with Crippen molar-refractivity contribution in [2.75, 3.05) is 26.8 Å². The Morgan fingerprint density at radius 3 is 2.58 bits per heavy atom. The van der Waals surface area contributed by atoms with Gasteiger partial charge in [0.15, 0.2) is 0 Å². The summed E-state index contributed by atoms with van der Waals surface area (Å²) >= 11 is 0. The number of carbonyl (C=O) groups is 2. The van der Waals surface area contributed by atoms with Gasteiger partial charge in [-0.3, -0.25) is 9.59 Å². The highest BCUT2D eigenvalue weighted by Crippen LogP contribution is 2.25. The summed E-state index contributed by atoms with van der Waals surface area (Å²) in [7, 11) is 1.36. The van der Waals surface area contributed by atoms with Crippen molar-refractivity contribution >= 4 is 22.6 Å². The molecule has 1 atom stereocenters. The van der Waals surface area contributed by atoms with Crippen LogP contribution in [0.3, 0.4) is 0 Å². The molecule has 2 aromatic carbocycles. The lowest BCUT2D eigenvalue weighted by molar-refractivity contribution is -0.146. The van der Waals surface area contributed by atoms with Crippen molar-refractivity contribution in [3.63, 3.8) is 0 Å². The molecular weight excluding hydrogens is 330 g/mol. The average Bonchev–Trinajstić information content (AvgIpc) is 2.68. The first-order valence-corrected chi connectivity index (χ1v) is 9.03. The van der Waals surface area contributed by atoms with E-state index in [-0.39, 0.29) is 17.8 Å². The Labute approximate surface area is 154 Å². The van der Waals surface area contributed by atoms with E-state index in [0.29, 0.717) is 32.5 Å². The van der Waals surface area contributed by atoms with Crippen molar-refractivity contribution in [2.24, 2.45) is 5.92 Å². The summed E-state index contributed by atoms with van der Waals surface area (Å²) in [5, 5.41) is 2.21. The molecule has 0 saturated heterocycles. The van der Waals surface area contributed by atoms with Crippen LogP contribution in [-0.4, -0.2) is 43.6 Å². The molecule has 0 N–H and O–H groups in total. The van der Waals surface area contributed by atoms with Gasteiger partial charge in [0.1, 0.15) is 5.75 Å². The number of hydrogen-bond donors (Lipinski definition) is 0. The van der Waals surface area contributed by atoms with Crippen molar-refractivity contribution in [1.29, 1.82) is 0 Å². The number of fused-ring (bicyclic) bond motifs is 1. The van der Waals surface area contributed by atoms with E-state index >= 15 is 0 Å². The molecule has 2 aromatic rings. The SMILES string of the molecule is CCN(CC(C)C(=O)OC)C(=O)CCCOc1cccc2ccccc12. The first-order valence-electron chi connectivity index (χ1n) is 9.03. The third kappa shape index (κ3) is 5.22. The zero-order valence-corrected chi connectivity index (χ0v) is 15.7. The third-order valence-corrected chi connectivity index (χ3v) is 4.37. The largest absolute Gasteiger partial charge is 0.493 e. The molecule has 0 aliphatic rings. The maximum Gasteiger partial charge on any atom is 0.310 e. The van der Waals surface area contributed by atoms with E-state index in [0.717, 1.165) is 16.5 Å². The normalized spacial score (nSPS) is 11.8. The molecule has 0 saturated carbocycles. The molecule has 2 rings (SSSR count). The quantitative estimate of drug-likeness (QED) is 0.508. The van der Waals surface area contributed by atoms with Crippen LogP contribution >= 0.6 is 0 Å². The molecule has 140 valence electrons. The smallest absolute Gasteiger partial charge is 0.310 e. The van der Waals surface area contributed by atoms with Crippen molar-refractivity contribution in [3.8, 4) is 5.75 Å². The van der Waals surface area contributed by atoms with Gasteiger partial charge in [-0.2, -0.15) is 0 Å². The molecule has 0 radical (unpaired) electrons. The predicted octanol–water partition coefficient (Wildman–Crippen LogP) is 3.66. The number of benzene rings is 2. The van der Waals surface area contributed by atoms with Gasteiger partial charge in [0.25, 0.3) is 0 Å². The third-order valence-electron chi connectivity index (χ3n) is 4.37. The Balaban J connectivity index is 1.82. The van der Waals surface area contributed by atoms with Crippen LogP contribution in [0.15, 0.2) is 42.5 Å². The summed E-state index contributed by atoms with van der Waals surface area (Å²) in [6.07, 6.45) is 1.03. The number of ether oxygens (including phenoxy) is 2. The van der Waals surface area contributed by atoms with Crippen molar-refractivity contribution in [3.05, 3.63) is 42.5 Å². The molecule has 0 spiro atoms. The fourth-order valence-electron chi connectivity index (χ4n) is 2.90. The number of methoxy groups -OCH3 is 1. The molecule has 0 aromatic heterocycles. The average molecular weight is 357 g/mol. The van der Waals surface area contributed by atoms with E-state index in [1.54, 1.807) is 11.8 Å². The predicted molar refractivity (Wildman–Crippen MR) is 102 cm³/mol. The highest BCUT2D eigenvalue weighted by Gasteiger charge is 2.20. The zero-order chi connectivity index (χ0) is 18.9. The van der Waals surface area contributed by atoms with Crippen molar-refractivity contribution < 1.29 is 19.1 Å². The van der Waals surface area contributed by atoms with Gasteiger partial charge in [-0.25, -0.2) is 0 Å². The second-order valence-electron chi connectivity index (χ2n) is 6.29. The molecule has 0 fully saturated rings. The Morgan fingerprint density at radius 1 is 1.12 bits per heavy atom. The van der Waals surface area contributed by atoms with Gasteiger partial charge in [-0.1, -0.05) is 43.3 Å². The van der Waals surface area contributed by atoms with Crippen molar-refractivity contribution in [2.45, 2.75) is 26.7 Å². The summed E-state index contributed by atoms with van der Waals surface area (Å²) in [5.74, 6) is 0.248. The minimum Gasteiger partial charge on any atom is -0.493 e. The number of esters is 1. The standard InChI is InChI=1S/C21H27NO4/c1-4-22(15-16(2)21(24)25-3)20(23)13-8-14-26-19-12-7-10-17-9-5-6-11-18(17)19/h5-7,9-12,16H,4,8,13-15H2,1-3H3. The van der Waals surface area contributed by atoms with Crippen LogP contribution in [0.4, 0.5) is 0 Å². The van der Waals surface area contributed by atoms with Crippen LogP contribution in [-0.2, 0) is 14.3 Å². The highest BCUT2D eigenvalue weighted by atomic mass is 16.5.